The Hall–Kier alpha value is -3.94. The molecule has 1 atom stereocenters. The van der Waals surface area contributed by atoms with Gasteiger partial charge in [0, 0.05) is 29.9 Å². The molecule has 0 saturated carbocycles. The first kappa shape index (κ1) is 19.0. The summed E-state index contributed by atoms with van der Waals surface area (Å²) in [6, 6.07) is 13.7. The first-order valence-corrected chi connectivity index (χ1v) is 9.79. The number of halogens is 1. The van der Waals surface area contributed by atoms with E-state index >= 15 is 0 Å². The number of likely N-dealkylation sites (N-methyl/N-ethyl adjacent to an activating group) is 1. The van der Waals surface area contributed by atoms with Crippen molar-refractivity contribution in [3.05, 3.63) is 71.8 Å². The molecule has 2 aliphatic heterocycles. The van der Waals surface area contributed by atoms with Gasteiger partial charge in [0.15, 0.2) is 5.96 Å². The lowest BCUT2D eigenvalue weighted by Crippen LogP contribution is -2.42. The molecule has 31 heavy (non-hydrogen) atoms. The summed E-state index contributed by atoms with van der Waals surface area (Å²) in [5, 5.41) is 0. The van der Waals surface area contributed by atoms with Crippen LogP contribution < -0.4 is 15.2 Å². The van der Waals surface area contributed by atoms with Crippen LogP contribution in [0.15, 0.2) is 59.7 Å². The first-order chi connectivity index (χ1) is 15.0. The van der Waals surface area contributed by atoms with Crippen LogP contribution in [0.25, 0.3) is 11.1 Å². The maximum absolute atomic E-state index is 14.4. The van der Waals surface area contributed by atoms with Gasteiger partial charge in [0.2, 0.25) is 11.5 Å². The lowest BCUT2D eigenvalue weighted by Gasteiger charge is -2.34. The largest absolute Gasteiger partial charge is 0.494 e. The van der Waals surface area contributed by atoms with Crippen molar-refractivity contribution < 1.29 is 18.7 Å². The maximum Gasteiger partial charge on any atom is 0.266 e. The van der Waals surface area contributed by atoms with Crippen LogP contribution in [0.5, 0.6) is 17.2 Å². The van der Waals surface area contributed by atoms with Crippen LogP contribution >= 0.6 is 0 Å². The zero-order valence-electron chi connectivity index (χ0n) is 16.9. The number of fused-ring (bicyclic) bond motifs is 4. The Balaban J connectivity index is 1.79. The van der Waals surface area contributed by atoms with Crippen molar-refractivity contribution in [1.82, 2.24) is 9.88 Å². The molecule has 3 aromatic rings. The quantitative estimate of drug-likeness (QED) is 0.659. The van der Waals surface area contributed by atoms with E-state index in [1.807, 2.05) is 6.92 Å². The van der Waals surface area contributed by atoms with Crippen molar-refractivity contribution >= 4 is 11.9 Å². The first-order valence-electron chi connectivity index (χ1n) is 9.79. The molecule has 3 heterocycles. The van der Waals surface area contributed by atoms with Crippen LogP contribution in [0.1, 0.15) is 18.1 Å². The van der Waals surface area contributed by atoms with E-state index in [1.54, 1.807) is 55.6 Å². The van der Waals surface area contributed by atoms with Crippen LogP contribution in [-0.4, -0.2) is 35.4 Å². The molecule has 0 aliphatic carbocycles. The molecule has 1 aromatic heterocycles. The highest BCUT2D eigenvalue weighted by molar-refractivity contribution is 6.10. The highest BCUT2D eigenvalue weighted by Crippen LogP contribution is 2.53. The number of hydrogen-bond donors (Lipinski definition) is 1. The van der Waals surface area contributed by atoms with Crippen LogP contribution in [0.4, 0.5) is 4.39 Å². The zero-order chi connectivity index (χ0) is 21.8. The fourth-order valence-electron chi connectivity index (χ4n) is 4.06. The Morgan fingerprint density at radius 3 is 2.58 bits per heavy atom. The number of guanidine groups is 1. The standard InChI is InChI=1S/C23H19FN4O3/c1-3-30-14-7-9-19-17(12-14)23(21(29)28(2)22(25)27-23)16-11-13(6-8-18(16)31-19)15-5-4-10-26-20(15)24/h4-12H,3H2,1-2H3,(H2,25,27). The van der Waals surface area contributed by atoms with Crippen molar-refractivity contribution in [3.8, 4) is 28.4 Å². The number of ether oxygens (including phenoxy) is 2. The van der Waals surface area contributed by atoms with E-state index in [-0.39, 0.29) is 11.9 Å². The predicted molar refractivity (Wildman–Crippen MR) is 112 cm³/mol. The molecule has 2 N–H and O–H groups in total. The van der Waals surface area contributed by atoms with Crippen molar-refractivity contribution in [3.63, 3.8) is 0 Å². The van der Waals surface area contributed by atoms with Gasteiger partial charge in [-0.2, -0.15) is 4.39 Å². The minimum absolute atomic E-state index is 0.0866. The van der Waals surface area contributed by atoms with Crippen molar-refractivity contribution in [2.45, 2.75) is 12.5 Å². The molecule has 8 heteroatoms. The molecule has 0 saturated heterocycles. The van der Waals surface area contributed by atoms with Gasteiger partial charge in [-0.25, -0.2) is 9.98 Å². The fourth-order valence-corrected chi connectivity index (χ4v) is 4.06. The van der Waals surface area contributed by atoms with Gasteiger partial charge < -0.3 is 15.2 Å². The van der Waals surface area contributed by atoms with Gasteiger partial charge in [-0.3, -0.25) is 9.69 Å². The summed E-state index contributed by atoms with van der Waals surface area (Å²) in [5.74, 6) is 0.668. The molecule has 0 fully saturated rings. The van der Waals surface area contributed by atoms with E-state index in [2.05, 4.69) is 9.98 Å². The Morgan fingerprint density at radius 1 is 1.16 bits per heavy atom. The van der Waals surface area contributed by atoms with Gasteiger partial charge in [0.05, 0.1) is 6.61 Å². The number of carbonyl (C=O) groups is 1. The number of nitrogens with zero attached hydrogens (tertiary/aromatic N) is 3. The number of aromatic nitrogens is 1. The van der Waals surface area contributed by atoms with E-state index in [0.29, 0.717) is 46.1 Å². The average molecular weight is 418 g/mol. The Bertz CT molecular complexity index is 1260. The highest BCUT2D eigenvalue weighted by atomic mass is 19.1. The molecule has 5 rings (SSSR count). The molecular weight excluding hydrogens is 399 g/mol. The Kier molecular flexibility index (Phi) is 4.18. The van der Waals surface area contributed by atoms with Crippen molar-refractivity contribution in [2.24, 2.45) is 10.7 Å². The fraction of sp³-hybridized carbons (Fsp3) is 0.174. The van der Waals surface area contributed by atoms with E-state index in [1.165, 1.54) is 11.1 Å². The average Bonchev–Trinajstić information content (AvgIpc) is 3.00. The summed E-state index contributed by atoms with van der Waals surface area (Å²) in [6.07, 6.45) is 1.38. The monoisotopic (exact) mass is 418 g/mol. The number of amides is 1. The second-order valence-electron chi connectivity index (χ2n) is 7.29. The molecule has 7 nitrogen and oxygen atoms in total. The molecule has 1 unspecified atom stereocenters. The Morgan fingerprint density at radius 2 is 1.90 bits per heavy atom. The minimum Gasteiger partial charge on any atom is -0.494 e. The summed E-state index contributed by atoms with van der Waals surface area (Å²) in [4.78, 5) is 23.2. The molecule has 1 amide bonds. The SMILES string of the molecule is CCOc1ccc2c(c1)C1(N=C(N)N(C)C1=O)c1cc(-c3cccnc3F)ccc1O2. The molecule has 0 radical (unpaired) electrons. The number of pyridine rings is 1. The lowest BCUT2D eigenvalue weighted by atomic mass is 9.79. The summed E-state index contributed by atoms with van der Waals surface area (Å²) < 4.78 is 26.1. The second kappa shape index (κ2) is 6.80. The van der Waals surface area contributed by atoms with Gasteiger partial charge in [-0.05, 0) is 55.0 Å². The van der Waals surface area contributed by atoms with E-state index < -0.39 is 11.5 Å². The summed E-state index contributed by atoms with van der Waals surface area (Å²) >= 11 is 0. The topological polar surface area (TPSA) is 90.0 Å². The third-order valence-corrected chi connectivity index (χ3v) is 5.55. The maximum atomic E-state index is 14.4. The summed E-state index contributed by atoms with van der Waals surface area (Å²) in [6.45, 7) is 2.34. The van der Waals surface area contributed by atoms with Gasteiger partial charge in [0.25, 0.3) is 5.91 Å². The smallest absolute Gasteiger partial charge is 0.266 e. The Labute approximate surface area is 177 Å². The van der Waals surface area contributed by atoms with Gasteiger partial charge in [-0.15, -0.1) is 0 Å². The molecule has 1 spiro atoms. The number of hydrogen-bond acceptors (Lipinski definition) is 6. The van der Waals surface area contributed by atoms with E-state index in [0.717, 1.165) is 0 Å². The minimum atomic E-state index is -1.45. The molecule has 0 bridgehead atoms. The summed E-state index contributed by atoms with van der Waals surface area (Å²) in [5.41, 5.74) is 6.47. The number of nitrogens with two attached hydrogens (primary N) is 1. The van der Waals surface area contributed by atoms with E-state index in [4.69, 9.17) is 15.2 Å². The van der Waals surface area contributed by atoms with Crippen LogP contribution in [0.3, 0.4) is 0 Å². The number of aliphatic imine (C=N–C) groups is 1. The number of benzene rings is 2. The third-order valence-electron chi connectivity index (χ3n) is 5.55. The number of rotatable bonds is 3. The van der Waals surface area contributed by atoms with Crippen LogP contribution in [0, 0.1) is 5.95 Å². The van der Waals surface area contributed by atoms with Crippen LogP contribution in [-0.2, 0) is 10.3 Å². The van der Waals surface area contributed by atoms with E-state index in [9.17, 15) is 9.18 Å². The zero-order valence-corrected chi connectivity index (χ0v) is 16.9. The predicted octanol–water partition coefficient (Wildman–Crippen LogP) is 3.42. The third kappa shape index (κ3) is 2.68. The van der Waals surface area contributed by atoms with Gasteiger partial charge in [-0.1, -0.05) is 6.07 Å². The number of carbonyl (C=O) groups excluding carboxylic acids is 1. The van der Waals surface area contributed by atoms with Crippen LogP contribution in [0.2, 0.25) is 0 Å². The molecular formula is C23H19FN4O3. The van der Waals surface area contributed by atoms with Gasteiger partial charge in [0.1, 0.15) is 17.2 Å². The normalized spacial score (nSPS) is 19.0. The van der Waals surface area contributed by atoms with Crippen molar-refractivity contribution in [1.29, 1.82) is 0 Å². The second-order valence-corrected chi connectivity index (χ2v) is 7.29. The van der Waals surface area contributed by atoms with Crippen molar-refractivity contribution in [2.75, 3.05) is 13.7 Å². The highest BCUT2D eigenvalue weighted by Gasteiger charge is 2.54. The van der Waals surface area contributed by atoms with Gasteiger partial charge >= 0.3 is 0 Å². The molecule has 2 aliphatic rings. The molecule has 2 aromatic carbocycles. The lowest BCUT2D eigenvalue weighted by molar-refractivity contribution is -0.129. The molecule has 156 valence electrons. The summed E-state index contributed by atoms with van der Waals surface area (Å²) in [7, 11) is 1.57.